The molecule has 1 aliphatic carbocycles. The maximum atomic E-state index is 13.0. The number of nitrogens with one attached hydrogen (secondary N) is 3. The van der Waals surface area contributed by atoms with Crippen LogP contribution in [0.5, 0.6) is 0 Å². The van der Waals surface area contributed by atoms with E-state index in [1.54, 1.807) is 18.2 Å². The summed E-state index contributed by atoms with van der Waals surface area (Å²) < 4.78 is -1.39. The second-order valence-electron chi connectivity index (χ2n) is 8.65. The second kappa shape index (κ2) is 9.01. The molecule has 2 unspecified atom stereocenters. The molecule has 2 fully saturated rings. The molecule has 0 radical (unpaired) electrons. The molecule has 1 aliphatic heterocycles. The fourth-order valence-electron chi connectivity index (χ4n) is 3.83. The normalized spacial score (nSPS) is 22.0. The van der Waals surface area contributed by atoms with Crippen LogP contribution in [-0.4, -0.2) is 38.6 Å². The Morgan fingerprint density at radius 3 is 2.20 bits per heavy atom. The molecular formula is C22H17Cl5N4O4. The van der Waals surface area contributed by atoms with E-state index in [4.69, 9.17) is 58.0 Å². The summed E-state index contributed by atoms with van der Waals surface area (Å²) in [5.74, 6) is -3.34. The van der Waals surface area contributed by atoms with E-state index in [1.165, 1.54) is 32.0 Å². The van der Waals surface area contributed by atoms with Gasteiger partial charge in [0.05, 0.1) is 16.5 Å². The Morgan fingerprint density at radius 1 is 1.00 bits per heavy atom. The third-order valence-corrected chi connectivity index (χ3v) is 7.34. The SMILES string of the molecule is CC1(C)NC(=O)N(NC(=O)c2cc(NC(=O)C3C(c4cc(Cl)cc(Cl)c4)C3(Cl)Cl)ccc2Cl)C1=O. The van der Waals surface area contributed by atoms with Gasteiger partial charge in [0.2, 0.25) is 5.91 Å². The summed E-state index contributed by atoms with van der Waals surface area (Å²) >= 11 is 31.0. The summed E-state index contributed by atoms with van der Waals surface area (Å²) in [5, 5.41) is 6.48. The number of anilines is 1. The summed E-state index contributed by atoms with van der Waals surface area (Å²) in [7, 11) is 0. The van der Waals surface area contributed by atoms with Crippen LogP contribution in [0.3, 0.4) is 0 Å². The zero-order valence-corrected chi connectivity index (χ0v) is 21.9. The Hall–Kier alpha value is -2.23. The highest BCUT2D eigenvalue weighted by Gasteiger charge is 2.67. The highest BCUT2D eigenvalue weighted by Crippen LogP contribution is 2.65. The molecule has 1 heterocycles. The fourth-order valence-corrected chi connectivity index (χ4v) is 5.41. The minimum absolute atomic E-state index is 0.0358. The van der Waals surface area contributed by atoms with E-state index >= 15 is 0 Å². The Kier molecular flexibility index (Phi) is 6.66. The maximum Gasteiger partial charge on any atom is 0.344 e. The number of hydrogen-bond donors (Lipinski definition) is 3. The van der Waals surface area contributed by atoms with Crippen LogP contribution < -0.4 is 16.1 Å². The molecule has 0 bridgehead atoms. The lowest BCUT2D eigenvalue weighted by Gasteiger charge is -2.17. The monoisotopic (exact) mass is 576 g/mol. The van der Waals surface area contributed by atoms with E-state index in [9.17, 15) is 19.2 Å². The predicted octanol–water partition coefficient (Wildman–Crippen LogP) is 5.15. The number of hydrazine groups is 1. The van der Waals surface area contributed by atoms with Gasteiger partial charge >= 0.3 is 6.03 Å². The minimum atomic E-state index is -1.39. The van der Waals surface area contributed by atoms with Gasteiger partial charge in [-0.15, -0.1) is 23.2 Å². The van der Waals surface area contributed by atoms with Crippen LogP contribution in [0.15, 0.2) is 36.4 Å². The number of hydrogen-bond acceptors (Lipinski definition) is 4. The number of carbonyl (C=O) groups is 4. The first kappa shape index (κ1) is 25.9. The largest absolute Gasteiger partial charge is 0.344 e. The molecule has 5 amide bonds. The quantitative estimate of drug-likeness (QED) is 0.337. The first-order valence-electron chi connectivity index (χ1n) is 10.1. The molecule has 2 atom stereocenters. The zero-order chi connectivity index (χ0) is 25.9. The molecule has 8 nitrogen and oxygen atoms in total. The number of benzene rings is 2. The summed E-state index contributed by atoms with van der Waals surface area (Å²) in [6, 6.07) is 8.20. The number of alkyl halides is 2. The lowest BCUT2D eigenvalue weighted by molar-refractivity contribution is -0.131. The molecule has 35 heavy (non-hydrogen) atoms. The molecule has 1 saturated carbocycles. The standard InChI is InChI=1S/C22H17Cl5N4O4/c1-21(2)19(34)31(20(35)29-21)30-17(32)13-8-12(3-4-14(13)25)28-18(33)16-15(22(16,26)27)9-5-10(23)7-11(24)6-9/h3-8,15-16H,1-2H3,(H,28,33)(H,29,35)(H,30,32). The second-order valence-corrected chi connectivity index (χ2v) is 11.4. The lowest BCUT2D eigenvalue weighted by atomic mass is 10.1. The van der Waals surface area contributed by atoms with Gasteiger partial charge in [-0.2, -0.15) is 5.01 Å². The molecule has 184 valence electrons. The molecule has 1 saturated heterocycles. The average molecular weight is 579 g/mol. The van der Waals surface area contributed by atoms with E-state index in [2.05, 4.69) is 16.1 Å². The van der Waals surface area contributed by atoms with Crippen LogP contribution in [-0.2, 0) is 9.59 Å². The number of amides is 5. The first-order valence-corrected chi connectivity index (χ1v) is 12.0. The third-order valence-electron chi connectivity index (χ3n) is 5.63. The van der Waals surface area contributed by atoms with Crippen LogP contribution in [0.4, 0.5) is 10.5 Å². The Labute approximate surface area is 225 Å². The van der Waals surface area contributed by atoms with Crippen molar-refractivity contribution in [3.63, 3.8) is 0 Å². The highest BCUT2D eigenvalue weighted by molar-refractivity contribution is 6.53. The Balaban J connectivity index is 1.50. The van der Waals surface area contributed by atoms with E-state index in [-0.39, 0.29) is 16.3 Å². The number of nitrogens with zero attached hydrogens (tertiary/aromatic N) is 1. The van der Waals surface area contributed by atoms with Gasteiger partial charge in [0.15, 0.2) is 0 Å². The average Bonchev–Trinajstić information content (AvgIpc) is 3.27. The molecule has 0 spiro atoms. The van der Waals surface area contributed by atoms with Crippen molar-refractivity contribution in [3.8, 4) is 0 Å². The van der Waals surface area contributed by atoms with E-state index in [0.717, 1.165) is 0 Å². The van der Waals surface area contributed by atoms with Gasteiger partial charge in [-0.3, -0.25) is 19.8 Å². The number of carbonyl (C=O) groups excluding carboxylic acids is 4. The van der Waals surface area contributed by atoms with Crippen LogP contribution in [0.25, 0.3) is 0 Å². The smallest absolute Gasteiger partial charge is 0.326 e. The highest BCUT2D eigenvalue weighted by atomic mass is 35.5. The molecule has 13 heteroatoms. The first-order chi connectivity index (χ1) is 16.2. The van der Waals surface area contributed by atoms with Crippen LogP contribution >= 0.6 is 58.0 Å². The van der Waals surface area contributed by atoms with Gasteiger partial charge in [0, 0.05) is 21.7 Å². The number of rotatable bonds is 5. The van der Waals surface area contributed by atoms with Gasteiger partial charge < -0.3 is 10.6 Å². The topological polar surface area (TPSA) is 108 Å². The lowest BCUT2D eigenvalue weighted by Crippen LogP contribution is -2.48. The van der Waals surface area contributed by atoms with Gasteiger partial charge in [-0.25, -0.2) is 4.79 Å². The van der Waals surface area contributed by atoms with Crippen molar-refractivity contribution in [3.05, 3.63) is 62.6 Å². The van der Waals surface area contributed by atoms with Crippen molar-refractivity contribution in [2.75, 3.05) is 5.32 Å². The number of urea groups is 1. The van der Waals surface area contributed by atoms with Gasteiger partial charge in [0.1, 0.15) is 9.87 Å². The number of halogens is 5. The van der Waals surface area contributed by atoms with Crippen molar-refractivity contribution >= 4 is 87.4 Å². The van der Waals surface area contributed by atoms with Gasteiger partial charge in [0.25, 0.3) is 11.8 Å². The molecule has 2 aromatic carbocycles. The molecule has 4 rings (SSSR count). The molecule has 2 aliphatic rings. The van der Waals surface area contributed by atoms with E-state index in [0.29, 0.717) is 20.6 Å². The van der Waals surface area contributed by atoms with Crippen molar-refractivity contribution in [1.82, 2.24) is 15.8 Å². The van der Waals surface area contributed by atoms with Crippen molar-refractivity contribution in [2.45, 2.75) is 29.6 Å². The summed E-state index contributed by atoms with van der Waals surface area (Å²) in [4.78, 5) is 50.1. The summed E-state index contributed by atoms with van der Waals surface area (Å²) in [6.45, 7) is 3.00. The molecule has 3 N–H and O–H groups in total. The van der Waals surface area contributed by atoms with E-state index in [1.807, 2.05) is 0 Å². The molecule has 2 aromatic rings. The zero-order valence-electron chi connectivity index (χ0n) is 18.1. The maximum absolute atomic E-state index is 13.0. The van der Waals surface area contributed by atoms with Gasteiger partial charge in [-0.05, 0) is 55.8 Å². The molecule has 0 aromatic heterocycles. The number of imide groups is 1. The van der Waals surface area contributed by atoms with Crippen LogP contribution in [0.1, 0.15) is 35.7 Å². The summed E-state index contributed by atoms with van der Waals surface area (Å²) in [5.41, 5.74) is 1.81. The third kappa shape index (κ3) is 4.90. The predicted molar refractivity (Wildman–Crippen MR) is 134 cm³/mol. The molecular weight excluding hydrogens is 562 g/mol. The van der Waals surface area contributed by atoms with Crippen molar-refractivity contribution in [1.29, 1.82) is 0 Å². The van der Waals surface area contributed by atoms with E-state index < -0.39 is 45.5 Å². The Bertz CT molecular complexity index is 1260. The summed E-state index contributed by atoms with van der Waals surface area (Å²) in [6.07, 6.45) is 0. The van der Waals surface area contributed by atoms with Crippen molar-refractivity contribution < 1.29 is 19.2 Å². The van der Waals surface area contributed by atoms with Crippen molar-refractivity contribution in [2.24, 2.45) is 5.92 Å². The Morgan fingerprint density at radius 2 is 1.63 bits per heavy atom. The van der Waals surface area contributed by atoms with Crippen LogP contribution in [0.2, 0.25) is 15.1 Å². The minimum Gasteiger partial charge on any atom is -0.326 e. The fraction of sp³-hybridized carbons (Fsp3) is 0.273. The van der Waals surface area contributed by atoms with Gasteiger partial charge in [-0.1, -0.05) is 34.8 Å². The van der Waals surface area contributed by atoms with Crippen LogP contribution in [0, 0.1) is 5.92 Å².